The molecule has 1 aliphatic heterocycles. The molecule has 4 rings (SSSR count). The monoisotopic (exact) mass is 587 g/mol. The number of carbonyl (C=O) groups is 1. The van der Waals surface area contributed by atoms with Crippen LogP contribution in [0.5, 0.6) is 5.75 Å². The van der Waals surface area contributed by atoms with Gasteiger partial charge in [-0.1, -0.05) is 61.9 Å². The lowest BCUT2D eigenvalue weighted by Gasteiger charge is -2.30. The molecule has 1 atom stereocenters. The van der Waals surface area contributed by atoms with Crippen LogP contribution >= 0.6 is 0 Å². The van der Waals surface area contributed by atoms with E-state index < -0.39 is 5.60 Å². The van der Waals surface area contributed by atoms with Crippen LogP contribution in [0.3, 0.4) is 0 Å². The van der Waals surface area contributed by atoms with Gasteiger partial charge in [0, 0.05) is 13.1 Å². The fourth-order valence-corrected chi connectivity index (χ4v) is 6.21. The molecule has 2 aliphatic rings. The van der Waals surface area contributed by atoms with Crippen molar-refractivity contribution in [2.45, 2.75) is 97.5 Å². The minimum absolute atomic E-state index is 0.241. The molecule has 232 valence electrons. The summed E-state index contributed by atoms with van der Waals surface area (Å²) in [6.45, 7) is 8.92. The largest absolute Gasteiger partial charge is 0.508 e. The zero-order valence-corrected chi connectivity index (χ0v) is 26.6. The van der Waals surface area contributed by atoms with Gasteiger partial charge in [0.05, 0.1) is 6.67 Å². The van der Waals surface area contributed by atoms with E-state index in [9.17, 15) is 14.3 Å². The predicted octanol–water partition coefficient (Wildman–Crippen LogP) is 9.75. The third-order valence-corrected chi connectivity index (χ3v) is 8.54. The lowest BCUT2D eigenvalue weighted by atomic mass is 9.85. The Bertz CT molecular complexity index is 1320. The highest BCUT2D eigenvalue weighted by atomic mass is 19.1. The summed E-state index contributed by atoms with van der Waals surface area (Å²) in [6, 6.07) is 14.9. The van der Waals surface area contributed by atoms with Gasteiger partial charge in [0.2, 0.25) is 0 Å². The maximum Gasteiger partial charge on any atom is 0.410 e. The highest BCUT2D eigenvalue weighted by Crippen LogP contribution is 2.40. The summed E-state index contributed by atoms with van der Waals surface area (Å²) in [5.74, 6) is 0.929. The third kappa shape index (κ3) is 9.32. The van der Waals surface area contributed by atoms with Gasteiger partial charge in [-0.15, -0.1) is 0 Å². The number of hydrogen-bond acceptors (Lipinski definition) is 3. The van der Waals surface area contributed by atoms with Gasteiger partial charge in [0.1, 0.15) is 11.4 Å². The number of fused-ring (bicyclic) bond motifs is 1. The number of ether oxygens (including phenoxy) is 1. The fraction of sp³-hybridized carbons (Fsp3) is 0.500. The van der Waals surface area contributed by atoms with E-state index in [1.807, 2.05) is 26.8 Å². The van der Waals surface area contributed by atoms with E-state index in [0.717, 1.165) is 57.8 Å². The number of hydrogen-bond donors (Lipinski definition) is 1. The number of unbranched alkanes of at least 4 members (excludes halogenated alkanes) is 1. The summed E-state index contributed by atoms with van der Waals surface area (Å²) in [4.78, 5) is 14.5. The first kappa shape index (κ1) is 32.6. The third-order valence-electron chi connectivity index (χ3n) is 8.54. The number of alkyl halides is 1. The minimum atomic E-state index is -0.509. The number of aryl methyl sites for hydroxylation is 1. The van der Waals surface area contributed by atoms with Crippen molar-refractivity contribution in [3.05, 3.63) is 94.1 Å². The van der Waals surface area contributed by atoms with Gasteiger partial charge in [-0.05, 0) is 136 Å². The molecule has 2 aromatic rings. The first-order chi connectivity index (χ1) is 20.7. The molecule has 0 saturated heterocycles. The molecule has 0 radical (unpaired) electrons. The van der Waals surface area contributed by atoms with Crippen molar-refractivity contribution in [1.82, 2.24) is 4.90 Å². The molecule has 0 fully saturated rings. The molecule has 1 aliphatic carbocycles. The van der Waals surface area contributed by atoms with Crippen LogP contribution in [-0.4, -0.2) is 41.5 Å². The van der Waals surface area contributed by atoms with Gasteiger partial charge in [-0.2, -0.15) is 0 Å². The summed E-state index contributed by atoms with van der Waals surface area (Å²) < 4.78 is 17.9. The number of rotatable bonds is 11. The second-order valence-electron chi connectivity index (χ2n) is 13.0. The smallest absolute Gasteiger partial charge is 0.410 e. The van der Waals surface area contributed by atoms with E-state index >= 15 is 0 Å². The normalized spacial score (nSPS) is 16.6. The molecule has 43 heavy (non-hydrogen) atoms. The Morgan fingerprint density at radius 2 is 1.84 bits per heavy atom. The van der Waals surface area contributed by atoms with Crippen LogP contribution in [0.4, 0.5) is 9.18 Å². The minimum Gasteiger partial charge on any atom is -0.508 e. The van der Waals surface area contributed by atoms with Crippen molar-refractivity contribution in [3.63, 3.8) is 0 Å². The first-order valence-electron chi connectivity index (χ1n) is 16.2. The Morgan fingerprint density at radius 1 is 1.07 bits per heavy atom. The average Bonchev–Trinajstić information content (AvgIpc) is 3.17. The Kier molecular flexibility index (Phi) is 11.7. The summed E-state index contributed by atoms with van der Waals surface area (Å²) in [5.41, 5.74) is 8.34. The maximum atomic E-state index is 12.7. The zero-order chi connectivity index (χ0) is 30.8. The number of aromatic hydroxyl groups is 1. The van der Waals surface area contributed by atoms with Crippen LogP contribution in [0.25, 0.3) is 5.57 Å². The lowest BCUT2D eigenvalue weighted by Crippen LogP contribution is -2.39. The molecule has 1 heterocycles. The number of phenolic OH excluding ortho intramolecular Hbond substituents is 1. The quantitative estimate of drug-likeness (QED) is 0.210. The van der Waals surface area contributed by atoms with E-state index in [0.29, 0.717) is 31.2 Å². The van der Waals surface area contributed by atoms with Crippen LogP contribution in [0, 0.1) is 5.92 Å². The summed E-state index contributed by atoms with van der Waals surface area (Å²) in [7, 11) is 0. The van der Waals surface area contributed by atoms with Gasteiger partial charge >= 0.3 is 6.09 Å². The van der Waals surface area contributed by atoms with Gasteiger partial charge in [-0.25, -0.2) is 4.79 Å². The molecule has 4 nitrogen and oxygen atoms in total. The van der Waals surface area contributed by atoms with E-state index in [1.54, 1.807) is 11.0 Å². The SMILES string of the molecule is CC[C@H](CC/C=C/CCCF)Cc1ccc(C2=C(C3=CCN(C(=O)OC(C)(C)C)CC3)CCCc3cc(O)ccc32)cc1. The van der Waals surface area contributed by atoms with E-state index in [-0.39, 0.29) is 12.8 Å². The van der Waals surface area contributed by atoms with Gasteiger partial charge in [0.15, 0.2) is 0 Å². The van der Waals surface area contributed by atoms with Gasteiger partial charge in [-0.3, -0.25) is 4.39 Å². The highest BCUT2D eigenvalue weighted by molar-refractivity contribution is 5.87. The van der Waals surface area contributed by atoms with Crippen molar-refractivity contribution in [2.24, 2.45) is 5.92 Å². The topological polar surface area (TPSA) is 49.8 Å². The van der Waals surface area contributed by atoms with E-state index in [1.165, 1.54) is 39.0 Å². The molecule has 2 aromatic carbocycles. The Balaban J connectivity index is 1.58. The molecule has 0 spiro atoms. The average molecular weight is 588 g/mol. The molecule has 0 saturated carbocycles. The fourth-order valence-electron chi connectivity index (χ4n) is 6.21. The lowest BCUT2D eigenvalue weighted by molar-refractivity contribution is 0.0266. The second kappa shape index (κ2) is 15.4. The highest BCUT2D eigenvalue weighted by Gasteiger charge is 2.27. The first-order valence-corrected chi connectivity index (χ1v) is 16.2. The number of nitrogens with zero attached hydrogens (tertiary/aromatic N) is 1. The Morgan fingerprint density at radius 3 is 2.51 bits per heavy atom. The van der Waals surface area contributed by atoms with Crippen molar-refractivity contribution in [1.29, 1.82) is 0 Å². The Labute approximate surface area is 258 Å². The molecule has 0 unspecified atom stereocenters. The number of phenols is 1. The van der Waals surface area contributed by atoms with Crippen LogP contribution in [-0.2, 0) is 17.6 Å². The second-order valence-corrected chi connectivity index (χ2v) is 13.0. The summed E-state index contributed by atoms with van der Waals surface area (Å²) >= 11 is 0. The van der Waals surface area contributed by atoms with Gasteiger partial charge < -0.3 is 14.7 Å². The summed E-state index contributed by atoms with van der Waals surface area (Å²) in [6.07, 6.45) is 15.8. The molecule has 5 heteroatoms. The number of carbonyl (C=O) groups excluding carboxylic acids is 1. The number of halogens is 1. The van der Waals surface area contributed by atoms with Crippen molar-refractivity contribution in [3.8, 4) is 5.75 Å². The molecule has 1 amide bonds. The van der Waals surface area contributed by atoms with Crippen molar-refractivity contribution < 1.29 is 19.0 Å². The van der Waals surface area contributed by atoms with Crippen molar-refractivity contribution in [2.75, 3.05) is 19.8 Å². The summed E-state index contributed by atoms with van der Waals surface area (Å²) in [5, 5.41) is 10.3. The van der Waals surface area contributed by atoms with Crippen LogP contribution in [0.2, 0.25) is 0 Å². The number of amides is 1. The maximum absolute atomic E-state index is 12.7. The van der Waals surface area contributed by atoms with Crippen LogP contribution < -0.4 is 0 Å². The standard InChI is InChI=1S/C38H50FNO3/c1-5-28(12-9-7-6-8-10-23-39)26-29-15-17-31(18-16-29)36-34(14-11-13-32-27-33(41)19-20-35(32)36)30-21-24-40(25-22-30)37(42)43-38(2,3)4/h6-7,15-21,27-28,41H,5,8-14,22-26H2,1-4H3/b7-6+/t28-/m1/s1. The van der Waals surface area contributed by atoms with Crippen LogP contribution in [0.1, 0.15) is 101 Å². The molecular formula is C38H50FNO3. The molecule has 1 N–H and O–H groups in total. The Hall–Kier alpha value is -3.34. The van der Waals surface area contributed by atoms with Crippen molar-refractivity contribution >= 4 is 11.7 Å². The predicted molar refractivity (Wildman–Crippen MR) is 175 cm³/mol. The molecule has 0 bridgehead atoms. The molecule has 0 aromatic heterocycles. The van der Waals surface area contributed by atoms with E-state index in [2.05, 4.69) is 55.5 Å². The van der Waals surface area contributed by atoms with Crippen LogP contribution in [0.15, 0.2) is 71.8 Å². The van der Waals surface area contributed by atoms with E-state index in [4.69, 9.17) is 4.74 Å². The van der Waals surface area contributed by atoms with Gasteiger partial charge in [0.25, 0.3) is 0 Å². The zero-order valence-electron chi connectivity index (χ0n) is 26.6. The molecular weight excluding hydrogens is 537 g/mol. The number of allylic oxidation sites excluding steroid dienone is 3. The number of benzene rings is 2.